The Balaban J connectivity index is 1.93. The smallest absolute Gasteiger partial charge is 0.251 e. The molecule has 4 nitrogen and oxygen atoms in total. The number of nitrogens with one attached hydrogen (secondary N) is 1. The number of carbonyl (C=O) groups excluding carboxylic acids is 1. The highest BCUT2D eigenvalue weighted by Gasteiger charge is 2.27. The molecule has 0 aromatic heterocycles. The van der Waals surface area contributed by atoms with Gasteiger partial charge in [0.15, 0.2) is 9.84 Å². The van der Waals surface area contributed by atoms with Gasteiger partial charge in [-0.2, -0.15) is 0 Å². The number of rotatable bonds is 3. The van der Waals surface area contributed by atoms with Gasteiger partial charge in [-0.05, 0) is 43.0 Å². The van der Waals surface area contributed by atoms with Crippen LogP contribution in [-0.4, -0.2) is 32.4 Å². The molecule has 1 N–H and O–H groups in total. The van der Waals surface area contributed by atoms with E-state index in [4.69, 9.17) is 0 Å². The topological polar surface area (TPSA) is 63.2 Å². The van der Waals surface area contributed by atoms with Gasteiger partial charge in [0, 0.05) is 16.6 Å². The van der Waals surface area contributed by atoms with E-state index in [1.165, 1.54) is 0 Å². The van der Waals surface area contributed by atoms with Gasteiger partial charge in [0.25, 0.3) is 5.91 Å². The number of halogens is 1. The Kier molecular flexibility index (Phi) is 4.30. The van der Waals surface area contributed by atoms with E-state index in [9.17, 15) is 13.2 Å². The van der Waals surface area contributed by atoms with Gasteiger partial charge in [0.1, 0.15) is 0 Å². The van der Waals surface area contributed by atoms with E-state index in [0.29, 0.717) is 18.5 Å². The maximum Gasteiger partial charge on any atom is 0.251 e. The molecule has 2 rings (SSSR count). The van der Waals surface area contributed by atoms with Gasteiger partial charge >= 0.3 is 0 Å². The van der Waals surface area contributed by atoms with Crippen molar-refractivity contribution in [3.63, 3.8) is 0 Å². The van der Waals surface area contributed by atoms with E-state index in [1.54, 1.807) is 6.07 Å². The molecule has 1 atom stereocenters. The van der Waals surface area contributed by atoms with E-state index in [2.05, 4.69) is 21.2 Å². The van der Waals surface area contributed by atoms with Crippen LogP contribution >= 0.6 is 15.9 Å². The van der Waals surface area contributed by atoms with Gasteiger partial charge < -0.3 is 5.32 Å². The molecule has 6 heteroatoms. The highest BCUT2D eigenvalue weighted by atomic mass is 79.9. The molecule has 0 saturated carbocycles. The van der Waals surface area contributed by atoms with Crippen LogP contribution in [-0.2, 0) is 9.84 Å². The number of aryl methyl sites for hydroxylation is 1. The van der Waals surface area contributed by atoms with Gasteiger partial charge in [-0.3, -0.25) is 4.79 Å². The molecule has 1 aromatic carbocycles. The number of benzene rings is 1. The molecule has 0 bridgehead atoms. The maximum atomic E-state index is 12.0. The number of amides is 1. The number of hydrogen-bond donors (Lipinski definition) is 1. The predicted octanol–water partition coefficient (Wildman–Crippen LogP) is 1.92. The second-order valence-corrected chi connectivity index (χ2v) is 8.03. The lowest BCUT2D eigenvalue weighted by molar-refractivity contribution is 0.0948. The molecule has 19 heavy (non-hydrogen) atoms. The lowest BCUT2D eigenvalue weighted by Crippen LogP contribution is -2.29. The summed E-state index contributed by atoms with van der Waals surface area (Å²) in [5, 5.41) is 2.81. The molecular formula is C13H16BrNO3S. The summed E-state index contributed by atoms with van der Waals surface area (Å²) in [6, 6.07) is 5.40. The minimum Gasteiger partial charge on any atom is -0.352 e. The third-order valence-electron chi connectivity index (χ3n) is 3.30. The second kappa shape index (κ2) is 5.63. The van der Waals surface area contributed by atoms with Crippen molar-refractivity contribution < 1.29 is 13.2 Å². The van der Waals surface area contributed by atoms with Crippen LogP contribution in [0.15, 0.2) is 22.7 Å². The predicted molar refractivity (Wildman–Crippen MR) is 78.0 cm³/mol. The van der Waals surface area contributed by atoms with Crippen LogP contribution in [0, 0.1) is 12.8 Å². The van der Waals surface area contributed by atoms with Gasteiger partial charge in [0.05, 0.1) is 11.5 Å². The Bertz CT molecular complexity index is 598. The first-order chi connectivity index (χ1) is 8.87. The molecule has 0 spiro atoms. The fourth-order valence-electron chi connectivity index (χ4n) is 2.16. The first-order valence-electron chi connectivity index (χ1n) is 6.12. The fourth-order valence-corrected chi connectivity index (χ4v) is 4.27. The second-order valence-electron chi connectivity index (χ2n) is 4.94. The summed E-state index contributed by atoms with van der Waals surface area (Å²) in [6.45, 7) is 2.34. The van der Waals surface area contributed by atoms with Crippen LogP contribution in [0.4, 0.5) is 0 Å². The highest BCUT2D eigenvalue weighted by Crippen LogP contribution is 2.19. The number of hydrogen-bond acceptors (Lipinski definition) is 3. The fraction of sp³-hybridized carbons (Fsp3) is 0.462. The minimum atomic E-state index is -2.88. The summed E-state index contributed by atoms with van der Waals surface area (Å²) < 4.78 is 23.6. The molecular weight excluding hydrogens is 330 g/mol. The van der Waals surface area contributed by atoms with Gasteiger partial charge in [-0.25, -0.2) is 8.42 Å². The van der Waals surface area contributed by atoms with Crippen molar-refractivity contribution in [1.82, 2.24) is 5.32 Å². The molecule has 1 unspecified atom stereocenters. The SMILES string of the molecule is Cc1cc(C(=O)NCC2CCS(=O)(=O)C2)ccc1Br. The number of sulfone groups is 1. The van der Waals surface area contributed by atoms with E-state index < -0.39 is 9.84 Å². The average molecular weight is 346 g/mol. The largest absolute Gasteiger partial charge is 0.352 e. The monoisotopic (exact) mass is 345 g/mol. The summed E-state index contributed by atoms with van der Waals surface area (Å²) in [7, 11) is -2.88. The van der Waals surface area contributed by atoms with Gasteiger partial charge in [0.2, 0.25) is 0 Å². The Morgan fingerprint density at radius 2 is 2.21 bits per heavy atom. The first kappa shape index (κ1) is 14.5. The molecule has 1 aliphatic heterocycles. The zero-order chi connectivity index (χ0) is 14.0. The van der Waals surface area contributed by atoms with Crippen LogP contribution in [0.3, 0.4) is 0 Å². The molecule has 1 amide bonds. The zero-order valence-corrected chi connectivity index (χ0v) is 13.1. The normalized spacial score (nSPS) is 21.3. The summed E-state index contributed by atoms with van der Waals surface area (Å²) in [6.07, 6.45) is 0.641. The van der Waals surface area contributed by atoms with E-state index in [1.807, 2.05) is 19.1 Å². The van der Waals surface area contributed by atoms with E-state index in [0.717, 1.165) is 10.0 Å². The molecule has 1 fully saturated rings. The number of carbonyl (C=O) groups is 1. The Morgan fingerprint density at radius 1 is 1.47 bits per heavy atom. The Labute approximate surface area is 121 Å². The van der Waals surface area contributed by atoms with Gasteiger partial charge in [-0.1, -0.05) is 15.9 Å². The summed E-state index contributed by atoms with van der Waals surface area (Å²) in [5.74, 6) is 0.322. The molecule has 1 aliphatic rings. The zero-order valence-electron chi connectivity index (χ0n) is 10.6. The van der Waals surface area contributed by atoms with E-state index in [-0.39, 0.29) is 23.3 Å². The van der Waals surface area contributed by atoms with Crippen LogP contribution in [0.2, 0.25) is 0 Å². The quantitative estimate of drug-likeness (QED) is 0.910. The van der Waals surface area contributed by atoms with Crippen molar-refractivity contribution >= 4 is 31.7 Å². The molecule has 1 aromatic rings. The van der Waals surface area contributed by atoms with Crippen LogP contribution in [0.5, 0.6) is 0 Å². The molecule has 0 aliphatic carbocycles. The Hall–Kier alpha value is -0.880. The third kappa shape index (κ3) is 3.79. The third-order valence-corrected chi connectivity index (χ3v) is 6.02. The lowest BCUT2D eigenvalue weighted by Gasteiger charge is -2.10. The summed E-state index contributed by atoms with van der Waals surface area (Å²) >= 11 is 3.39. The Morgan fingerprint density at radius 3 is 2.79 bits per heavy atom. The van der Waals surface area contributed by atoms with Gasteiger partial charge in [-0.15, -0.1) is 0 Å². The van der Waals surface area contributed by atoms with Crippen molar-refractivity contribution in [1.29, 1.82) is 0 Å². The maximum absolute atomic E-state index is 12.0. The van der Waals surface area contributed by atoms with Crippen LogP contribution in [0.1, 0.15) is 22.3 Å². The summed E-state index contributed by atoms with van der Waals surface area (Å²) in [4.78, 5) is 12.0. The first-order valence-corrected chi connectivity index (χ1v) is 8.73. The van der Waals surface area contributed by atoms with Crippen molar-refractivity contribution in [3.8, 4) is 0 Å². The molecule has 0 radical (unpaired) electrons. The van der Waals surface area contributed by atoms with E-state index >= 15 is 0 Å². The van der Waals surface area contributed by atoms with Crippen LogP contribution < -0.4 is 5.32 Å². The van der Waals surface area contributed by atoms with Crippen LogP contribution in [0.25, 0.3) is 0 Å². The van der Waals surface area contributed by atoms with Crippen molar-refractivity contribution in [2.45, 2.75) is 13.3 Å². The summed E-state index contributed by atoms with van der Waals surface area (Å²) in [5.41, 5.74) is 1.60. The highest BCUT2D eigenvalue weighted by molar-refractivity contribution is 9.10. The minimum absolute atomic E-state index is 0.0468. The average Bonchev–Trinajstić information content (AvgIpc) is 2.69. The lowest BCUT2D eigenvalue weighted by atomic mass is 10.1. The molecule has 104 valence electrons. The van der Waals surface area contributed by atoms with Crippen molar-refractivity contribution in [2.75, 3.05) is 18.1 Å². The molecule has 1 heterocycles. The van der Waals surface area contributed by atoms with Crippen molar-refractivity contribution in [2.24, 2.45) is 5.92 Å². The molecule has 1 saturated heterocycles. The van der Waals surface area contributed by atoms with Crippen molar-refractivity contribution in [3.05, 3.63) is 33.8 Å². The standard InChI is InChI=1S/C13H16BrNO3S/c1-9-6-11(2-3-12(9)14)13(16)15-7-10-4-5-19(17,18)8-10/h2-3,6,10H,4-5,7-8H2,1H3,(H,15,16).